The number of hydrogen-bond donors (Lipinski definition) is 1. The van der Waals surface area contributed by atoms with Gasteiger partial charge in [-0.2, -0.15) is 0 Å². The maximum atomic E-state index is 11.3. The van der Waals surface area contributed by atoms with Crippen molar-refractivity contribution in [1.82, 2.24) is 10.2 Å². The molecule has 0 saturated heterocycles. The summed E-state index contributed by atoms with van der Waals surface area (Å²) < 4.78 is 6.04. The van der Waals surface area contributed by atoms with Crippen LogP contribution in [-0.2, 0) is 17.8 Å². The predicted octanol–water partition coefficient (Wildman–Crippen LogP) is 2.66. The Balaban J connectivity index is 1.70. The Morgan fingerprint density at radius 2 is 2.26 bits per heavy atom. The third-order valence-electron chi connectivity index (χ3n) is 2.78. The van der Waals surface area contributed by atoms with Crippen LogP contribution in [0.5, 0.6) is 5.75 Å². The zero-order valence-corrected chi connectivity index (χ0v) is 11.4. The summed E-state index contributed by atoms with van der Waals surface area (Å²) >= 11 is 7.00. The van der Waals surface area contributed by atoms with Crippen molar-refractivity contribution >= 4 is 34.5 Å². The average Bonchev–Trinajstić information content (AvgIpc) is 2.82. The molecule has 0 bridgehead atoms. The average molecular weight is 296 g/mol. The first-order valence-electron chi connectivity index (χ1n) is 5.74. The van der Waals surface area contributed by atoms with Crippen LogP contribution in [0, 0.1) is 0 Å². The summed E-state index contributed by atoms with van der Waals surface area (Å²) in [7, 11) is 0. The van der Waals surface area contributed by atoms with E-state index in [2.05, 4.69) is 15.5 Å². The Morgan fingerprint density at radius 1 is 1.37 bits per heavy atom. The quantitative estimate of drug-likeness (QED) is 0.945. The Hall–Kier alpha value is -1.66. The smallest absolute Gasteiger partial charge is 0.224 e. The number of amides is 1. The lowest BCUT2D eigenvalue weighted by molar-refractivity contribution is -0.116. The highest BCUT2D eigenvalue weighted by Crippen LogP contribution is 2.27. The van der Waals surface area contributed by atoms with Crippen molar-refractivity contribution < 1.29 is 9.53 Å². The second kappa shape index (κ2) is 5.14. The molecule has 1 aromatic heterocycles. The molecule has 0 fully saturated rings. The van der Waals surface area contributed by atoms with E-state index >= 15 is 0 Å². The molecule has 0 atom stereocenters. The highest BCUT2D eigenvalue weighted by atomic mass is 35.5. The maximum absolute atomic E-state index is 11.3. The van der Waals surface area contributed by atoms with Gasteiger partial charge in [0.2, 0.25) is 10.4 Å². The van der Waals surface area contributed by atoms with Crippen molar-refractivity contribution in [1.29, 1.82) is 0 Å². The summed E-state index contributed by atoms with van der Waals surface area (Å²) in [6.07, 6.45) is 1.26. The molecule has 7 heteroatoms. The summed E-state index contributed by atoms with van der Waals surface area (Å²) in [5.41, 5.74) is 1.95. The molecule has 1 amide bonds. The van der Waals surface area contributed by atoms with E-state index < -0.39 is 0 Å². The molecule has 98 valence electrons. The fourth-order valence-corrected chi connectivity index (χ4v) is 2.67. The van der Waals surface area contributed by atoms with E-state index in [1.54, 1.807) is 0 Å². The van der Waals surface area contributed by atoms with Gasteiger partial charge in [-0.05, 0) is 41.8 Å². The van der Waals surface area contributed by atoms with Crippen LogP contribution in [-0.4, -0.2) is 16.1 Å². The van der Waals surface area contributed by atoms with E-state index in [9.17, 15) is 4.79 Å². The standard InChI is InChI=1S/C12H10ClN3O2S/c13-12-16-15-11(19-12)6-18-8-2-3-9-7(5-8)1-4-10(17)14-9/h2-3,5H,1,4,6H2,(H,14,17). The molecule has 0 radical (unpaired) electrons. The van der Waals surface area contributed by atoms with Gasteiger partial charge in [0, 0.05) is 12.1 Å². The number of aromatic nitrogens is 2. The van der Waals surface area contributed by atoms with Gasteiger partial charge in [0.1, 0.15) is 12.4 Å². The van der Waals surface area contributed by atoms with Gasteiger partial charge in [0.05, 0.1) is 0 Å². The normalized spacial score (nSPS) is 13.8. The van der Waals surface area contributed by atoms with Gasteiger partial charge >= 0.3 is 0 Å². The van der Waals surface area contributed by atoms with Crippen LogP contribution in [0.3, 0.4) is 0 Å². The van der Waals surface area contributed by atoms with Crippen molar-refractivity contribution in [3.05, 3.63) is 33.2 Å². The molecule has 1 aliphatic rings. The summed E-state index contributed by atoms with van der Waals surface area (Å²) in [4.78, 5) is 11.3. The number of anilines is 1. The summed E-state index contributed by atoms with van der Waals surface area (Å²) in [6.45, 7) is 0.343. The van der Waals surface area contributed by atoms with E-state index in [-0.39, 0.29) is 5.91 Å². The number of rotatable bonds is 3. The second-order valence-electron chi connectivity index (χ2n) is 4.10. The first-order chi connectivity index (χ1) is 9.20. The summed E-state index contributed by atoms with van der Waals surface area (Å²) in [6, 6.07) is 5.62. The number of carbonyl (C=O) groups excluding carboxylic acids is 1. The van der Waals surface area contributed by atoms with Gasteiger partial charge in [0.15, 0.2) is 5.01 Å². The Kier molecular flexibility index (Phi) is 3.35. The number of benzene rings is 1. The predicted molar refractivity (Wildman–Crippen MR) is 72.6 cm³/mol. The zero-order valence-electron chi connectivity index (χ0n) is 9.85. The van der Waals surface area contributed by atoms with Crippen molar-refractivity contribution in [3.63, 3.8) is 0 Å². The molecule has 0 spiro atoms. The van der Waals surface area contributed by atoms with Crippen LogP contribution in [0.15, 0.2) is 18.2 Å². The highest BCUT2D eigenvalue weighted by molar-refractivity contribution is 7.15. The van der Waals surface area contributed by atoms with Gasteiger partial charge in [-0.3, -0.25) is 4.79 Å². The minimum Gasteiger partial charge on any atom is -0.486 e. The number of carbonyl (C=O) groups is 1. The lowest BCUT2D eigenvalue weighted by Crippen LogP contribution is -2.18. The van der Waals surface area contributed by atoms with Crippen molar-refractivity contribution in [2.75, 3.05) is 5.32 Å². The van der Waals surface area contributed by atoms with Crippen molar-refractivity contribution in [2.24, 2.45) is 0 Å². The lowest BCUT2D eigenvalue weighted by atomic mass is 10.0. The number of ether oxygens (including phenoxy) is 1. The fraction of sp³-hybridized carbons (Fsp3) is 0.250. The molecule has 1 aromatic carbocycles. The van der Waals surface area contributed by atoms with Crippen LogP contribution in [0.2, 0.25) is 4.47 Å². The SMILES string of the molecule is O=C1CCc2cc(OCc3nnc(Cl)s3)ccc2N1. The van der Waals surface area contributed by atoms with E-state index in [1.807, 2.05) is 18.2 Å². The number of fused-ring (bicyclic) bond motifs is 1. The summed E-state index contributed by atoms with van der Waals surface area (Å²) in [5.74, 6) is 0.811. The molecule has 0 unspecified atom stereocenters. The Morgan fingerprint density at radius 3 is 3.05 bits per heavy atom. The van der Waals surface area contributed by atoms with E-state index in [0.29, 0.717) is 17.5 Å². The molecular weight excluding hydrogens is 286 g/mol. The molecule has 0 aliphatic carbocycles. The third kappa shape index (κ3) is 2.85. The second-order valence-corrected chi connectivity index (χ2v) is 5.75. The molecule has 5 nitrogen and oxygen atoms in total. The number of nitrogens with one attached hydrogen (secondary N) is 1. The summed E-state index contributed by atoms with van der Waals surface area (Å²) in [5, 5.41) is 11.2. The molecule has 1 N–H and O–H groups in total. The monoisotopic (exact) mass is 295 g/mol. The minimum absolute atomic E-state index is 0.0599. The van der Waals surface area contributed by atoms with Gasteiger partial charge in [-0.25, -0.2) is 0 Å². The van der Waals surface area contributed by atoms with Crippen LogP contribution >= 0.6 is 22.9 Å². The molecule has 0 saturated carbocycles. The van der Waals surface area contributed by atoms with E-state index in [1.165, 1.54) is 11.3 Å². The zero-order chi connectivity index (χ0) is 13.2. The van der Waals surface area contributed by atoms with Gasteiger partial charge < -0.3 is 10.1 Å². The lowest BCUT2D eigenvalue weighted by Gasteiger charge is -2.17. The molecule has 1 aliphatic heterocycles. The van der Waals surface area contributed by atoms with Gasteiger partial charge in [0.25, 0.3) is 0 Å². The third-order valence-corrected chi connectivity index (χ3v) is 3.77. The minimum atomic E-state index is 0.0599. The van der Waals surface area contributed by atoms with Crippen LogP contribution in [0.25, 0.3) is 0 Å². The molecule has 3 rings (SSSR count). The Bertz CT molecular complexity index is 629. The fourth-order valence-electron chi connectivity index (χ4n) is 1.89. The first kappa shape index (κ1) is 12.4. The van der Waals surface area contributed by atoms with Crippen molar-refractivity contribution in [2.45, 2.75) is 19.4 Å². The number of hydrogen-bond acceptors (Lipinski definition) is 5. The number of halogens is 1. The van der Waals surface area contributed by atoms with E-state index in [0.717, 1.165) is 28.4 Å². The van der Waals surface area contributed by atoms with Crippen LogP contribution in [0.1, 0.15) is 17.0 Å². The number of aryl methyl sites for hydroxylation is 1. The topological polar surface area (TPSA) is 64.1 Å². The maximum Gasteiger partial charge on any atom is 0.224 e. The molecule has 2 heterocycles. The first-order valence-corrected chi connectivity index (χ1v) is 6.93. The van der Waals surface area contributed by atoms with Gasteiger partial charge in [-0.1, -0.05) is 11.3 Å². The van der Waals surface area contributed by atoms with Crippen LogP contribution < -0.4 is 10.1 Å². The number of nitrogens with zero attached hydrogens (tertiary/aromatic N) is 2. The molecule has 2 aromatic rings. The molecular formula is C12H10ClN3O2S. The van der Waals surface area contributed by atoms with E-state index in [4.69, 9.17) is 16.3 Å². The van der Waals surface area contributed by atoms with Crippen LogP contribution in [0.4, 0.5) is 5.69 Å². The van der Waals surface area contributed by atoms with Crippen molar-refractivity contribution in [3.8, 4) is 5.75 Å². The highest BCUT2D eigenvalue weighted by Gasteiger charge is 2.15. The molecule has 19 heavy (non-hydrogen) atoms. The Labute approximate surface area is 118 Å². The largest absolute Gasteiger partial charge is 0.486 e. The van der Waals surface area contributed by atoms with Gasteiger partial charge in [-0.15, -0.1) is 10.2 Å².